The van der Waals surface area contributed by atoms with Crippen LogP contribution in [0.4, 0.5) is 0 Å². The second-order valence-electron chi connectivity index (χ2n) is 5.95. The van der Waals surface area contributed by atoms with Gasteiger partial charge in [-0.05, 0) is 63.3 Å². The van der Waals surface area contributed by atoms with Crippen LogP contribution in [0.1, 0.15) is 43.4 Å². The molecular formula is C17H27NO. The Morgan fingerprint density at radius 2 is 2.00 bits per heavy atom. The van der Waals surface area contributed by atoms with Gasteiger partial charge in [0.2, 0.25) is 0 Å². The topological polar surface area (TPSA) is 21.3 Å². The first-order valence-corrected chi connectivity index (χ1v) is 7.49. The Balaban J connectivity index is 2.21. The van der Waals surface area contributed by atoms with Crippen molar-refractivity contribution in [2.75, 3.05) is 13.2 Å². The van der Waals surface area contributed by atoms with Crippen LogP contribution in [0.25, 0.3) is 0 Å². The van der Waals surface area contributed by atoms with Gasteiger partial charge in [-0.1, -0.05) is 25.1 Å². The van der Waals surface area contributed by atoms with Crippen molar-refractivity contribution in [1.29, 1.82) is 0 Å². The summed E-state index contributed by atoms with van der Waals surface area (Å²) in [6.07, 6.45) is 3.41. The fraction of sp³-hybridized carbons (Fsp3) is 0.647. The molecule has 1 aromatic rings. The van der Waals surface area contributed by atoms with Crippen molar-refractivity contribution in [2.45, 2.75) is 58.6 Å². The predicted octanol–water partition coefficient (Wildman–Crippen LogP) is 3.39. The zero-order valence-corrected chi connectivity index (χ0v) is 12.8. The molecule has 0 aromatic heterocycles. The summed E-state index contributed by atoms with van der Waals surface area (Å²) in [5.74, 6) is 0. The fourth-order valence-electron chi connectivity index (χ4n) is 3.20. The zero-order valence-electron chi connectivity index (χ0n) is 12.8. The van der Waals surface area contributed by atoms with E-state index >= 15 is 0 Å². The van der Waals surface area contributed by atoms with Crippen LogP contribution in [0.15, 0.2) is 18.2 Å². The minimum absolute atomic E-state index is 0.00920. The molecule has 2 nitrogen and oxygen atoms in total. The number of benzene rings is 1. The van der Waals surface area contributed by atoms with Gasteiger partial charge in [0.05, 0.1) is 5.60 Å². The van der Waals surface area contributed by atoms with Gasteiger partial charge in [-0.2, -0.15) is 0 Å². The van der Waals surface area contributed by atoms with Crippen LogP contribution >= 0.6 is 0 Å². The van der Waals surface area contributed by atoms with E-state index in [9.17, 15) is 0 Å². The molecule has 1 aromatic carbocycles. The number of ether oxygens (including phenoxy) is 1. The van der Waals surface area contributed by atoms with Gasteiger partial charge in [-0.3, -0.25) is 0 Å². The summed E-state index contributed by atoms with van der Waals surface area (Å²) in [5, 5.41) is 3.64. The maximum atomic E-state index is 6.04. The van der Waals surface area contributed by atoms with E-state index in [4.69, 9.17) is 4.74 Å². The average molecular weight is 261 g/mol. The van der Waals surface area contributed by atoms with E-state index in [0.29, 0.717) is 6.04 Å². The van der Waals surface area contributed by atoms with Gasteiger partial charge in [0.25, 0.3) is 0 Å². The molecular weight excluding hydrogens is 234 g/mol. The molecule has 0 spiro atoms. The van der Waals surface area contributed by atoms with Crippen LogP contribution in [-0.4, -0.2) is 24.8 Å². The molecule has 2 unspecified atom stereocenters. The standard InChI is InChI=1S/C17H27NO/c1-5-18-16(17(4)10-7-11-19-17)12-15-13(2)8-6-9-14(15)3/h6,8-9,16,18H,5,7,10-12H2,1-4H3. The third kappa shape index (κ3) is 3.18. The Kier molecular flexibility index (Phi) is 4.64. The Morgan fingerprint density at radius 1 is 1.32 bits per heavy atom. The molecule has 19 heavy (non-hydrogen) atoms. The summed E-state index contributed by atoms with van der Waals surface area (Å²) in [4.78, 5) is 0. The first-order valence-electron chi connectivity index (χ1n) is 7.49. The predicted molar refractivity (Wildman–Crippen MR) is 80.7 cm³/mol. The van der Waals surface area contributed by atoms with Crippen LogP contribution in [0.2, 0.25) is 0 Å². The number of hydrogen-bond donors (Lipinski definition) is 1. The minimum atomic E-state index is -0.00920. The van der Waals surface area contributed by atoms with Gasteiger partial charge in [0, 0.05) is 12.6 Å². The highest BCUT2D eigenvalue weighted by atomic mass is 16.5. The monoisotopic (exact) mass is 261 g/mol. The molecule has 1 saturated heterocycles. The van der Waals surface area contributed by atoms with Crippen molar-refractivity contribution >= 4 is 0 Å². The summed E-state index contributed by atoms with van der Waals surface area (Å²) in [7, 11) is 0. The van der Waals surface area contributed by atoms with Crippen LogP contribution in [0, 0.1) is 13.8 Å². The lowest BCUT2D eigenvalue weighted by Crippen LogP contribution is -2.50. The maximum absolute atomic E-state index is 6.04. The molecule has 0 radical (unpaired) electrons. The molecule has 1 aliphatic rings. The molecule has 1 aliphatic heterocycles. The Hall–Kier alpha value is -0.860. The normalized spacial score (nSPS) is 24.6. The Bertz CT molecular complexity index is 401. The zero-order chi connectivity index (χ0) is 13.9. The summed E-state index contributed by atoms with van der Waals surface area (Å²) in [6.45, 7) is 10.8. The van der Waals surface area contributed by atoms with E-state index < -0.39 is 0 Å². The van der Waals surface area contributed by atoms with Crippen molar-refractivity contribution < 1.29 is 4.74 Å². The quantitative estimate of drug-likeness (QED) is 0.877. The van der Waals surface area contributed by atoms with Gasteiger partial charge < -0.3 is 10.1 Å². The van der Waals surface area contributed by atoms with Crippen molar-refractivity contribution in [3.8, 4) is 0 Å². The molecule has 0 bridgehead atoms. The lowest BCUT2D eigenvalue weighted by atomic mass is 9.86. The first-order chi connectivity index (χ1) is 9.07. The van der Waals surface area contributed by atoms with E-state index in [-0.39, 0.29) is 5.60 Å². The maximum Gasteiger partial charge on any atom is 0.0810 e. The van der Waals surface area contributed by atoms with Crippen molar-refractivity contribution in [3.63, 3.8) is 0 Å². The number of aryl methyl sites for hydroxylation is 2. The molecule has 1 N–H and O–H groups in total. The highest BCUT2D eigenvalue weighted by Gasteiger charge is 2.38. The Morgan fingerprint density at radius 3 is 2.53 bits per heavy atom. The largest absolute Gasteiger partial charge is 0.374 e. The van der Waals surface area contributed by atoms with Gasteiger partial charge >= 0.3 is 0 Å². The van der Waals surface area contributed by atoms with E-state index in [1.165, 1.54) is 23.1 Å². The third-order valence-electron chi connectivity index (χ3n) is 4.49. The van der Waals surface area contributed by atoms with E-state index in [1.807, 2.05) is 0 Å². The summed E-state index contributed by atoms with van der Waals surface area (Å²) in [6, 6.07) is 6.97. The molecule has 2 rings (SSSR count). The van der Waals surface area contributed by atoms with Crippen molar-refractivity contribution in [1.82, 2.24) is 5.32 Å². The molecule has 106 valence electrons. The second kappa shape index (κ2) is 6.06. The van der Waals surface area contributed by atoms with Crippen molar-refractivity contribution in [3.05, 3.63) is 34.9 Å². The molecule has 0 saturated carbocycles. The Labute approximate surface area is 117 Å². The highest BCUT2D eigenvalue weighted by molar-refractivity contribution is 5.34. The van der Waals surface area contributed by atoms with Crippen LogP contribution < -0.4 is 5.32 Å². The van der Waals surface area contributed by atoms with E-state index in [2.05, 4.69) is 51.2 Å². The van der Waals surface area contributed by atoms with Crippen LogP contribution in [0.5, 0.6) is 0 Å². The van der Waals surface area contributed by atoms with Crippen molar-refractivity contribution in [2.24, 2.45) is 0 Å². The lowest BCUT2D eigenvalue weighted by molar-refractivity contribution is -0.0111. The lowest BCUT2D eigenvalue weighted by Gasteiger charge is -2.34. The number of likely N-dealkylation sites (N-methyl/N-ethyl adjacent to an activating group) is 1. The summed E-state index contributed by atoms with van der Waals surface area (Å²) in [5.41, 5.74) is 4.25. The van der Waals surface area contributed by atoms with Crippen LogP contribution in [0.3, 0.4) is 0 Å². The van der Waals surface area contributed by atoms with Gasteiger partial charge in [0.15, 0.2) is 0 Å². The molecule has 2 atom stereocenters. The fourth-order valence-corrected chi connectivity index (χ4v) is 3.20. The second-order valence-corrected chi connectivity index (χ2v) is 5.95. The third-order valence-corrected chi connectivity index (χ3v) is 4.49. The first kappa shape index (κ1) is 14.5. The average Bonchev–Trinajstić information content (AvgIpc) is 2.81. The highest BCUT2D eigenvalue weighted by Crippen LogP contribution is 2.31. The number of rotatable bonds is 5. The smallest absolute Gasteiger partial charge is 0.0810 e. The molecule has 2 heteroatoms. The molecule has 0 aliphatic carbocycles. The van der Waals surface area contributed by atoms with Gasteiger partial charge in [-0.25, -0.2) is 0 Å². The molecule has 1 fully saturated rings. The number of hydrogen-bond acceptors (Lipinski definition) is 2. The van der Waals surface area contributed by atoms with Crippen LogP contribution in [-0.2, 0) is 11.2 Å². The van der Waals surface area contributed by atoms with E-state index in [0.717, 1.165) is 26.0 Å². The van der Waals surface area contributed by atoms with Gasteiger partial charge in [-0.15, -0.1) is 0 Å². The SMILES string of the molecule is CCNC(Cc1c(C)cccc1C)C1(C)CCCO1. The minimum Gasteiger partial charge on any atom is -0.374 e. The number of nitrogens with one attached hydrogen (secondary N) is 1. The molecule has 1 heterocycles. The summed E-state index contributed by atoms with van der Waals surface area (Å²) < 4.78 is 6.04. The van der Waals surface area contributed by atoms with Gasteiger partial charge in [0.1, 0.15) is 0 Å². The molecule has 0 amide bonds. The summed E-state index contributed by atoms with van der Waals surface area (Å²) >= 11 is 0. The van der Waals surface area contributed by atoms with E-state index in [1.54, 1.807) is 0 Å².